The number of hydrogen-bond donors (Lipinski definition) is 1. The molecule has 0 aromatic carbocycles. The molecule has 0 radical (unpaired) electrons. The van der Waals surface area contributed by atoms with Gasteiger partial charge in [-0.3, -0.25) is 4.79 Å². The molecule has 0 atom stereocenters. The first kappa shape index (κ1) is 15.4. The second-order valence-electron chi connectivity index (χ2n) is 4.67. The molecule has 0 aliphatic carbocycles. The maximum atomic E-state index is 12.4. The van der Waals surface area contributed by atoms with E-state index < -0.39 is 0 Å². The van der Waals surface area contributed by atoms with Gasteiger partial charge < -0.3 is 15.2 Å². The lowest BCUT2D eigenvalue weighted by molar-refractivity contribution is 0.0774. The Balaban J connectivity index is 2.05. The molecule has 0 aliphatic rings. The van der Waals surface area contributed by atoms with Gasteiger partial charge in [0, 0.05) is 26.3 Å². The van der Waals surface area contributed by atoms with Crippen LogP contribution in [0.4, 0.5) is 0 Å². The minimum Gasteiger partial charge on any atom is -0.344 e. The molecule has 0 saturated carbocycles. The number of hydrogen-bond acceptors (Lipinski definition) is 3. The number of aryl methyl sites for hydroxylation is 1. The van der Waals surface area contributed by atoms with Gasteiger partial charge >= 0.3 is 0 Å². The van der Waals surface area contributed by atoms with Crippen LogP contribution < -0.4 is 5.73 Å². The maximum absolute atomic E-state index is 12.4. The summed E-state index contributed by atoms with van der Waals surface area (Å²) in [6.45, 7) is 3.76. The third-order valence-electron chi connectivity index (χ3n) is 3.12. The first-order valence-corrected chi connectivity index (χ1v) is 7.70. The van der Waals surface area contributed by atoms with Crippen molar-refractivity contribution in [2.45, 2.75) is 20.0 Å². The number of thiophene rings is 1. The number of carbonyl (C=O) groups is 1. The van der Waals surface area contributed by atoms with Crippen LogP contribution in [0.1, 0.15) is 27.9 Å². The summed E-state index contributed by atoms with van der Waals surface area (Å²) in [5, 5.41) is 2.03. The zero-order valence-electron chi connectivity index (χ0n) is 12.3. The first-order chi connectivity index (χ1) is 10.2. The van der Waals surface area contributed by atoms with Crippen molar-refractivity contribution in [2.75, 3.05) is 13.6 Å². The van der Waals surface area contributed by atoms with Crippen LogP contribution in [0.5, 0.6) is 0 Å². The van der Waals surface area contributed by atoms with Crippen molar-refractivity contribution in [1.82, 2.24) is 9.47 Å². The Morgan fingerprint density at radius 2 is 2.33 bits per heavy atom. The molecule has 4 nitrogen and oxygen atoms in total. The van der Waals surface area contributed by atoms with Crippen molar-refractivity contribution in [3.8, 4) is 11.8 Å². The number of amides is 1. The van der Waals surface area contributed by atoms with Gasteiger partial charge in [0.2, 0.25) is 0 Å². The Bertz CT molecular complexity index is 675. The SMILES string of the molecule is CCn1cccc1C(=O)N(C)Cc1csc(C#CCN)c1. The maximum Gasteiger partial charge on any atom is 0.270 e. The molecule has 2 rings (SSSR count). The van der Waals surface area contributed by atoms with E-state index in [1.807, 2.05) is 48.3 Å². The molecule has 2 aromatic heterocycles. The van der Waals surface area contributed by atoms with E-state index in [0.717, 1.165) is 22.7 Å². The van der Waals surface area contributed by atoms with E-state index in [-0.39, 0.29) is 5.91 Å². The van der Waals surface area contributed by atoms with Crippen molar-refractivity contribution in [3.63, 3.8) is 0 Å². The second-order valence-corrected chi connectivity index (χ2v) is 5.58. The monoisotopic (exact) mass is 301 g/mol. The molecular formula is C16H19N3OS. The lowest BCUT2D eigenvalue weighted by Gasteiger charge is -2.17. The van der Waals surface area contributed by atoms with Crippen LogP contribution in [0.15, 0.2) is 29.8 Å². The van der Waals surface area contributed by atoms with Gasteiger partial charge in [-0.15, -0.1) is 11.3 Å². The molecule has 0 bridgehead atoms. The van der Waals surface area contributed by atoms with E-state index in [0.29, 0.717) is 13.1 Å². The highest BCUT2D eigenvalue weighted by Gasteiger charge is 2.15. The zero-order valence-corrected chi connectivity index (χ0v) is 13.1. The molecule has 2 aromatic rings. The van der Waals surface area contributed by atoms with E-state index >= 15 is 0 Å². The lowest BCUT2D eigenvalue weighted by atomic mass is 10.2. The molecule has 2 heterocycles. The predicted molar refractivity (Wildman–Crippen MR) is 86.2 cm³/mol. The van der Waals surface area contributed by atoms with Gasteiger partial charge in [0.25, 0.3) is 5.91 Å². The van der Waals surface area contributed by atoms with Gasteiger partial charge in [0.15, 0.2) is 0 Å². The van der Waals surface area contributed by atoms with Crippen LogP contribution in [0.25, 0.3) is 0 Å². The normalized spacial score (nSPS) is 10.0. The number of nitrogens with zero attached hydrogens (tertiary/aromatic N) is 2. The largest absolute Gasteiger partial charge is 0.344 e. The summed E-state index contributed by atoms with van der Waals surface area (Å²) < 4.78 is 1.95. The van der Waals surface area contributed by atoms with Gasteiger partial charge in [-0.25, -0.2) is 0 Å². The fourth-order valence-electron chi connectivity index (χ4n) is 2.09. The Morgan fingerprint density at radius 3 is 3.05 bits per heavy atom. The predicted octanol–water partition coefficient (Wildman–Crippen LogP) is 2.15. The van der Waals surface area contributed by atoms with Gasteiger partial charge in [-0.1, -0.05) is 11.8 Å². The van der Waals surface area contributed by atoms with Crippen LogP contribution in [0.2, 0.25) is 0 Å². The first-order valence-electron chi connectivity index (χ1n) is 6.82. The average molecular weight is 301 g/mol. The van der Waals surface area contributed by atoms with Gasteiger partial charge in [0.1, 0.15) is 5.69 Å². The Kier molecular flexibility index (Phi) is 5.20. The molecule has 0 unspecified atom stereocenters. The minimum atomic E-state index is 0.0302. The molecule has 0 spiro atoms. The molecule has 0 saturated heterocycles. The van der Waals surface area contributed by atoms with Crippen molar-refractivity contribution < 1.29 is 4.79 Å². The molecule has 1 amide bonds. The molecular weight excluding hydrogens is 282 g/mol. The highest BCUT2D eigenvalue weighted by Crippen LogP contribution is 2.16. The number of aromatic nitrogens is 1. The summed E-state index contributed by atoms with van der Waals surface area (Å²) in [6.07, 6.45) is 1.92. The summed E-state index contributed by atoms with van der Waals surface area (Å²) in [5.41, 5.74) is 7.17. The van der Waals surface area contributed by atoms with Gasteiger partial charge in [-0.2, -0.15) is 0 Å². The minimum absolute atomic E-state index is 0.0302. The second kappa shape index (κ2) is 7.11. The number of rotatable bonds is 4. The van der Waals surface area contributed by atoms with Crippen LogP contribution >= 0.6 is 11.3 Å². The molecule has 110 valence electrons. The van der Waals surface area contributed by atoms with E-state index in [2.05, 4.69) is 11.8 Å². The summed E-state index contributed by atoms with van der Waals surface area (Å²) in [6, 6.07) is 5.76. The summed E-state index contributed by atoms with van der Waals surface area (Å²) in [4.78, 5) is 15.1. The topological polar surface area (TPSA) is 51.3 Å². The van der Waals surface area contributed by atoms with Gasteiger partial charge in [-0.05, 0) is 36.1 Å². The van der Waals surface area contributed by atoms with Crippen LogP contribution in [-0.2, 0) is 13.1 Å². The molecule has 0 fully saturated rings. The average Bonchev–Trinajstić information content (AvgIpc) is 3.12. The van der Waals surface area contributed by atoms with Crippen molar-refractivity contribution >= 4 is 17.2 Å². The molecule has 0 aliphatic heterocycles. The fourth-order valence-corrected chi connectivity index (χ4v) is 2.86. The van der Waals surface area contributed by atoms with E-state index in [9.17, 15) is 4.79 Å². The molecule has 21 heavy (non-hydrogen) atoms. The van der Waals surface area contributed by atoms with Crippen molar-refractivity contribution in [2.24, 2.45) is 5.73 Å². The van der Waals surface area contributed by atoms with Crippen LogP contribution in [-0.4, -0.2) is 29.0 Å². The van der Waals surface area contributed by atoms with E-state index in [1.54, 1.807) is 16.2 Å². The molecule has 2 N–H and O–H groups in total. The Hall–Kier alpha value is -2.03. The van der Waals surface area contributed by atoms with Crippen molar-refractivity contribution in [3.05, 3.63) is 45.9 Å². The number of nitrogens with two attached hydrogens (primary N) is 1. The highest BCUT2D eigenvalue weighted by atomic mass is 32.1. The summed E-state index contributed by atoms with van der Waals surface area (Å²) in [7, 11) is 1.82. The smallest absolute Gasteiger partial charge is 0.270 e. The lowest BCUT2D eigenvalue weighted by Crippen LogP contribution is -2.27. The van der Waals surface area contributed by atoms with Crippen molar-refractivity contribution in [1.29, 1.82) is 0 Å². The molecule has 5 heteroatoms. The van der Waals surface area contributed by atoms with E-state index in [4.69, 9.17) is 5.73 Å². The van der Waals surface area contributed by atoms with Gasteiger partial charge in [0.05, 0.1) is 11.4 Å². The highest BCUT2D eigenvalue weighted by molar-refractivity contribution is 7.10. The quantitative estimate of drug-likeness (QED) is 0.880. The fraction of sp³-hybridized carbons (Fsp3) is 0.312. The van der Waals surface area contributed by atoms with Crippen LogP contribution in [0, 0.1) is 11.8 Å². The zero-order chi connectivity index (χ0) is 15.2. The summed E-state index contributed by atoms with van der Waals surface area (Å²) in [5.74, 6) is 5.87. The number of carbonyl (C=O) groups excluding carboxylic acids is 1. The summed E-state index contributed by atoms with van der Waals surface area (Å²) >= 11 is 1.58. The Labute approximate surface area is 129 Å². The standard InChI is InChI=1S/C16H19N3OS/c1-3-19-9-5-7-15(19)16(20)18(2)11-13-10-14(21-12-13)6-4-8-17/h5,7,9-10,12H,3,8,11,17H2,1-2H3. The van der Waals surface area contributed by atoms with E-state index in [1.165, 1.54) is 0 Å². The third kappa shape index (κ3) is 3.75. The third-order valence-corrected chi connectivity index (χ3v) is 4.02. The Morgan fingerprint density at radius 1 is 1.52 bits per heavy atom. The van der Waals surface area contributed by atoms with Crippen LogP contribution in [0.3, 0.4) is 0 Å².